The van der Waals surface area contributed by atoms with Gasteiger partial charge in [0.1, 0.15) is 0 Å². The van der Waals surface area contributed by atoms with Gasteiger partial charge in [0.05, 0.1) is 13.2 Å². The fourth-order valence-corrected chi connectivity index (χ4v) is 3.03. The lowest BCUT2D eigenvalue weighted by molar-refractivity contribution is -0.274. The number of halogens is 1. The molecule has 1 aromatic carbocycles. The van der Waals surface area contributed by atoms with Crippen LogP contribution in [-0.4, -0.2) is 13.2 Å². The van der Waals surface area contributed by atoms with Gasteiger partial charge in [-0.1, -0.05) is 28.1 Å². The minimum Gasteiger partial charge on any atom is -0.346 e. The van der Waals surface area contributed by atoms with E-state index in [0.29, 0.717) is 0 Å². The Morgan fingerprint density at radius 3 is 2.80 bits per heavy atom. The summed E-state index contributed by atoms with van der Waals surface area (Å²) in [6.07, 6.45) is 2.99. The number of benzene rings is 1. The van der Waals surface area contributed by atoms with Crippen molar-refractivity contribution in [2.75, 3.05) is 13.2 Å². The van der Waals surface area contributed by atoms with Crippen LogP contribution in [0.15, 0.2) is 22.7 Å². The molecule has 3 heteroatoms. The van der Waals surface area contributed by atoms with Gasteiger partial charge in [-0.15, -0.1) is 0 Å². The zero-order chi connectivity index (χ0) is 10.3. The molecule has 1 saturated heterocycles. The van der Waals surface area contributed by atoms with E-state index in [9.17, 15) is 0 Å². The molecule has 0 N–H and O–H groups in total. The van der Waals surface area contributed by atoms with E-state index in [1.54, 1.807) is 0 Å². The molecule has 1 fully saturated rings. The standard InChI is InChI=1S/C12H13BrO2/c13-11-4-1-3-10-9(11)5-6-12(10)14-7-2-8-15-12/h1,3-4H,2,5-8H2. The van der Waals surface area contributed by atoms with Crippen molar-refractivity contribution in [3.8, 4) is 0 Å². The third kappa shape index (κ3) is 1.45. The van der Waals surface area contributed by atoms with E-state index in [-0.39, 0.29) is 0 Å². The predicted molar refractivity (Wildman–Crippen MR) is 60.7 cm³/mol. The van der Waals surface area contributed by atoms with Crippen molar-refractivity contribution >= 4 is 15.9 Å². The number of hydrogen-bond acceptors (Lipinski definition) is 2. The maximum absolute atomic E-state index is 5.86. The minimum atomic E-state index is -0.433. The van der Waals surface area contributed by atoms with Crippen molar-refractivity contribution in [3.63, 3.8) is 0 Å². The monoisotopic (exact) mass is 268 g/mol. The van der Waals surface area contributed by atoms with Crippen molar-refractivity contribution in [1.82, 2.24) is 0 Å². The maximum Gasteiger partial charge on any atom is 0.195 e. The van der Waals surface area contributed by atoms with Gasteiger partial charge in [-0.05, 0) is 24.5 Å². The smallest absolute Gasteiger partial charge is 0.195 e. The van der Waals surface area contributed by atoms with E-state index < -0.39 is 5.79 Å². The molecule has 2 aliphatic rings. The third-order valence-electron chi connectivity index (χ3n) is 3.19. The van der Waals surface area contributed by atoms with Gasteiger partial charge in [0, 0.05) is 16.5 Å². The molecule has 1 aromatic rings. The molecule has 0 radical (unpaired) electrons. The molecule has 1 aliphatic heterocycles. The van der Waals surface area contributed by atoms with Crippen LogP contribution in [0.2, 0.25) is 0 Å². The molecular weight excluding hydrogens is 256 g/mol. The molecule has 80 valence electrons. The van der Waals surface area contributed by atoms with Gasteiger partial charge in [-0.25, -0.2) is 0 Å². The molecule has 1 heterocycles. The van der Waals surface area contributed by atoms with Crippen LogP contribution in [0.3, 0.4) is 0 Å². The van der Waals surface area contributed by atoms with Gasteiger partial charge in [-0.3, -0.25) is 0 Å². The maximum atomic E-state index is 5.86. The van der Waals surface area contributed by atoms with E-state index in [1.165, 1.54) is 15.6 Å². The van der Waals surface area contributed by atoms with Crippen LogP contribution in [0.5, 0.6) is 0 Å². The van der Waals surface area contributed by atoms with E-state index in [0.717, 1.165) is 32.5 Å². The van der Waals surface area contributed by atoms with E-state index in [2.05, 4.69) is 34.1 Å². The normalized spacial score (nSPS) is 23.0. The largest absolute Gasteiger partial charge is 0.346 e. The van der Waals surface area contributed by atoms with Gasteiger partial charge in [-0.2, -0.15) is 0 Å². The minimum absolute atomic E-state index is 0.433. The van der Waals surface area contributed by atoms with Crippen LogP contribution in [0, 0.1) is 0 Å². The summed E-state index contributed by atoms with van der Waals surface area (Å²) in [4.78, 5) is 0. The second kappa shape index (κ2) is 3.58. The van der Waals surface area contributed by atoms with Crippen LogP contribution in [-0.2, 0) is 21.7 Å². The average molecular weight is 269 g/mol. The summed E-state index contributed by atoms with van der Waals surface area (Å²) in [5.41, 5.74) is 2.57. The fourth-order valence-electron chi connectivity index (χ4n) is 2.47. The topological polar surface area (TPSA) is 18.5 Å². The highest BCUT2D eigenvalue weighted by molar-refractivity contribution is 9.10. The molecule has 0 bridgehead atoms. The Bertz CT molecular complexity index is 383. The van der Waals surface area contributed by atoms with Crippen molar-refractivity contribution in [2.45, 2.75) is 25.0 Å². The van der Waals surface area contributed by atoms with E-state index in [4.69, 9.17) is 9.47 Å². The molecule has 15 heavy (non-hydrogen) atoms. The summed E-state index contributed by atoms with van der Waals surface area (Å²) in [6.45, 7) is 1.62. The third-order valence-corrected chi connectivity index (χ3v) is 3.94. The molecule has 1 spiro atoms. The summed E-state index contributed by atoms with van der Waals surface area (Å²) in [5.74, 6) is -0.433. The molecule has 0 aromatic heterocycles. The Morgan fingerprint density at radius 1 is 1.20 bits per heavy atom. The Labute approximate surface area is 97.7 Å². The molecule has 2 nitrogen and oxygen atoms in total. The molecule has 0 saturated carbocycles. The van der Waals surface area contributed by atoms with Gasteiger partial charge >= 0.3 is 0 Å². The van der Waals surface area contributed by atoms with Gasteiger partial charge < -0.3 is 9.47 Å². The lowest BCUT2D eigenvalue weighted by Gasteiger charge is -2.34. The first kappa shape index (κ1) is 9.82. The van der Waals surface area contributed by atoms with Crippen LogP contribution in [0.1, 0.15) is 24.0 Å². The first-order chi connectivity index (χ1) is 7.32. The summed E-state index contributed by atoms with van der Waals surface area (Å²) in [5, 5.41) is 0. The second-order valence-electron chi connectivity index (χ2n) is 4.07. The summed E-state index contributed by atoms with van der Waals surface area (Å²) >= 11 is 3.59. The Morgan fingerprint density at radius 2 is 2.00 bits per heavy atom. The van der Waals surface area contributed by atoms with Crippen LogP contribution in [0.25, 0.3) is 0 Å². The molecule has 0 atom stereocenters. The molecule has 1 aliphatic carbocycles. The summed E-state index contributed by atoms with van der Waals surface area (Å²) < 4.78 is 12.9. The highest BCUT2D eigenvalue weighted by Gasteiger charge is 2.43. The van der Waals surface area contributed by atoms with Crippen molar-refractivity contribution in [3.05, 3.63) is 33.8 Å². The lowest BCUT2D eigenvalue weighted by Crippen LogP contribution is -2.35. The SMILES string of the molecule is Brc1cccc2c1CCC21OCCCO1. The first-order valence-electron chi connectivity index (χ1n) is 5.38. The van der Waals surface area contributed by atoms with Crippen LogP contribution >= 0.6 is 15.9 Å². The van der Waals surface area contributed by atoms with Crippen molar-refractivity contribution < 1.29 is 9.47 Å². The van der Waals surface area contributed by atoms with Gasteiger partial charge in [0.25, 0.3) is 0 Å². The van der Waals surface area contributed by atoms with Gasteiger partial charge in [0.2, 0.25) is 0 Å². The zero-order valence-electron chi connectivity index (χ0n) is 8.46. The van der Waals surface area contributed by atoms with Crippen LogP contribution in [0.4, 0.5) is 0 Å². The van der Waals surface area contributed by atoms with Crippen molar-refractivity contribution in [2.24, 2.45) is 0 Å². The molecule has 0 amide bonds. The molecule has 3 rings (SSSR count). The quantitative estimate of drug-likeness (QED) is 0.720. The van der Waals surface area contributed by atoms with Gasteiger partial charge in [0.15, 0.2) is 5.79 Å². The second-order valence-corrected chi connectivity index (χ2v) is 4.92. The van der Waals surface area contributed by atoms with Crippen LogP contribution < -0.4 is 0 Å². The highest BCUT2D eigenvalue weighted by Crippen LogP contribution is 2.44. The number of hydrogen-bond donors (Lipinski definition) is 0. The lowest BCUT2D eigenvalue weighted by atomic mass is 10.1. The number of fused-ring (bicyclic) bond motifs is 2. The molecular formula is C12H13BrO2. The van der Waals surface area contributed by atoms with E-state index >= 15 is 0 Å². The number of ether oxygens (including phenoxy) is 2. The summed E-state index contributed by atoms with van der Waals surface area (Å²) in [7, 11) is 0. The molecule has 0 unspecified atom stereocenters. The highest BCUT2D eigenvalue weighted by atomic mass is 79.9. The summed E-state index contributed by atoms with van der Waals surface area (Å²) in [6, 6.07) is 6.26. The Kier molecular flexibility index (Phi) is 2.34. The zero-order valence-corrected chi connectivity index (χ0v) is 10.0. The number of rotatable bonds is 0. The fraction of sp³-hybridized carbons (Fsp3) is 0.500. The van der Waals surface area contributed by atoms with Crippen molar-refractivity contribution in [1.29, 1.82) is 0 Å². The van der Waals surface area contributed by atoms with E-state index in [1.807, 2.05) is 0 Å². The Balaban J connectivity index is 2.06. The Hall–Kier alpha value is -0.380. The predicted octanol–water partition coefficient (Wildman–Crippen LogP) is 2.99. The first-order valence-corrected chi connectivity index (χ1v) is 6.17. The average Bonchev–Trinajstić information content (AvgIpc) is 2.61.